The highest BCUT2D eigenvalue weighted by molar-refractivity contribution is 5.14. The summed E-state index contributed by atoms with van der Waals surface area (Å²) >= 11 is 0. The smallest absolute Gasteiger partial charge is 0.0483 e. The van der Waals surface area contributed by atoms with Crippen molar-refractivity contribution in [3.8, 4) is 0 Å². The van der Waals surface area contributed by atoms with Crippen LogP contribution in [0, 0.1) is 5.92 Å². The van der Waals surface area contributed by atoms with E-state index in [-0.39, 0.29) is 6.61 Å². The molecule has 1 N–H and O–H groups in total. The van der Waals surface area contributed by atoms with Crippen LogP contribution in [0.3, 0.4) is 0 Å². The van der Waals surface area contributed by atoms with Crippen LogP contribution in [0.15, 0.2) is 30.3 Å². The molecule has 1 aromatic carbocycles. The van der Waals surface area contributed by atoms with Gasteiger partial charge < -0.3 is 10.0 Å². The molecule has 3 heteroatoms. The van der Waals surface area contributed by atoms with Gasteiger partial charge in [-0.15, -0.1) is 0 Å². The quantitative estimate of drug-likeness (QED) is 0.846. The van der Waals surface area contributed by atoms with Crippen LogP contribution in [0.4, 0.5) is 0 Å². The molecule has 1 fully saturated rings. The number of hydrogen-bond acceptors (Lipinski definition) is 3. The van der Waals surface area contributed by atoms with Crippen molar-refractivity contribution in [1.82, 2.24) is 9.80 Å². The fourth-order valence-corrected chi connectivity index (χ4v) is 2.46. The maximum absolute atomic E-state index is 9.36. The van der Waals surface area contributed by atoms with Crippen molar-refractivity contribution >= 4 is 0 Å². The average Bonchev–Trinajstić information content (AvgIpc) is 2.53. The van der Waals surface area contributed by atoms with Crippen molar-refractivity contribution < 1.29 is 5.11 Å². The van der Waals surface area contributed by atoms with Gasteiger partial charge in [-0.25, -0.2) is 0 Å². The first-order valence-corrected chi connectivity index (χ1v) is 6.33. The molecule has 1 aliphatic rings. The van der Waals surface area contributed by atoms with E-state index in [1.807, 2.05) is 0 Å². The maximum atomic E-state index is 9.36. The van der Waals surface area contributed by atoms with Gasteiger partial charge in [-0.2, -0.15) is 0 Å². The lowest BCUT2D eigenvalue weighted by atomic mass is 10.1. The molecule has 0 saturated carbocycles. The van der Waals surface area contributed by atoms with Crippen LogP contribution in [0.1, 0.15) is 5.56 Å². The molecule has 94 valence electrons. The number of aliphatic hydroxyl groups is 1. The standard InChI is InChI=1S/C14H22N2O/c1-15-7-8-16(11-14(9-15)12-17)10-13-5-3-2-4-6-13/h2-6,14,17H,7-12H2,1H3. The lowest BCUT2D eigenvalue weighted by molar-refractivity contribution is 0.168. The first kappa shape index (κ1) is 12.6. The Kier molecular flexibility index (Phi) is 4.54. The van der Waals surface area contributed by atoms with Crippen LogP contribution in [0.5, 0.6) is 0 Å². The molecule has 1 atom stereocenters. The minimum absolute atomic E-state index is 0.287. The zero-order chi connectivity index (χ0) is 12.1. The van der Waals surface area contributed by atoms with Crippen molar-refractivity contribution in [2.75, 3.05) is 39.8 Å². The van der Waals surface area contributed by atoms with E-state index >= 15 is 0 Å². The second-order valence-electron chi connectivity index (χ2n) is 5.03. The summed E-state index contributed by atoms with van der Waals surface area (Å²) < 4.78 is 0. The summed E-state index contributed by atoms with van der Waals surface area (Å²) in [6.07, 6.45) is 0. The molecule has 1 saturated heterocycles. The Balaban J connectivity index is 1.96. The Morgan fingerprint density at radius 3 is 2.65 bits per heavy atom. The van der Waals surface area contributed by atoms with E-state index in [1.54, 1.807) is 0 Å². The predicted octanol–water partition coefficient (Wildman–Crippen LogP) is 1.04. The Morgan fingerprint density at radius 2 is 1.94 bits per heavy atom. The van der Waals surface area contributed by atoms with Gasteiger partial charge in [0.05, 0.1) is 0 Å². The molecule has 1 heterocycles. The number of hydrogen-bond donors (Lipinski definition) is 1. The summed E-state index contributed by atoms with van der Waals surface area (Å²) in [5, 5.41) is 9.36. The molecular weight excluding hydrogens is 212 g/mol. The minimum atomic E-state index is 0.287. The molecule has 2 rings (SSSR count). The van der Waals surface area contributed by atoms with E-state index in [0.717, 1.165) is 32.7 Å². The van der Waals surface area contributed by atoms with E-state index in [0.29, 0.717) is 5.92 Å². The van der Waals surface area contributed by atoms with Crippen LogP contribution >= 0.6 is 0 Å². The first-order valence-electron chi connectivity index (χ1n) is 6.33. The Morgan fingerprint density at radius 1 is 1.18 bits per heavy atom. The van der Waals surface area contributed by atoms with Crippen LogP contribution in [0.25, 0.3) is 0 Å². The van der Waals surface area contributed by atoms with Crippen LogP contribution in [-0.4, -0.2) is 54.7 Å². The van der Waals surface area contributed by atoms with Crippen molar-refractivity contribution in [3.63, 3.8) is 0 Å². The third-order valence-electron chi connectivity index (χ3n) is 3.39. The summed E-state index contributed by atoms with van der Waals surface area (Å²) in [5.41, 5.74) is 1.36. The second-order valence-corrected chi connectivity index (χ2v) is 5.03. The highest BCUT2D eigenvalue weighted by Gasteiger charge is 2.20. The first-order chi connectivity index (χ1) is 8.28. The SMILES string of the molecule is CN1CCN(Cc2ccccc2)CC(CO)C1. The Bertz CT molecular complexity index is 328. The fraction of sp³-hybridized carbons (Fsp3) is 0.571. The van der Waals surface area contributed by atoms with Gasteiger partial charge in [0.1, 0.15) is 0 Å². The molecule has 1 aromatic rings. The second kappa shape index (κ2) is 6.15. The number of nitrogens with zero attached hydrogens (tertiary/aromatic N) is 2. The van der Waals surface area contributed by atoms with Gasteiger partial charge in [-0.05, 0) is 12.6 Å². The molecule has 0 radical (unpaired) electrons. The fourth-order valence-electron chi connectivity index (χ4n) is 2.46. The summed E-state index contributed by atoms with van der Waals surface area (Å²) in [6, 6.07) is 10.6. The van der Waals surface area contributed by atoms with Crippen molar-refractivity contribution in [2.45, 2.75) is 6.54 Å². The molecular formula is C14H22N2O. The Hall–Kier alpha value is -0.900. The number of aliphatic hydroxyl groups excluding tert-OH is 1. The number of likely N-dealkylation sites (N-methyl/N-ethyl adjacent to an activating group) is 1. The van der Waals surface area contributed by atoms with Gasteiger partial charge >= 0.3 is 0 Å². The van der Waals surface area contributed by atoms with Gasteiger partial charge in [0.25, 0.3) is 0 Å². The van der Waals surface area contributed by atoms with Crippen LogP contribution in [0.2, 0.25) is 0 Å². The Labute approximate surface area is 104 Å². The number of benzene rings is 1. The zero-order valence-electron chi connectivity index (χ0n) is 10.5. The van der Waals surface area contributed by atoms with Crippen LogP contribution in [-0.2, 0) is 6.54 Å². The van der Waals surface area contributed by atoms with E-state index in [9.17, 15) is 5.11 Å². The lowest BCUT2D eigenvalue weighted by Crippen LogP contribution is -2.31. The molecule has 1 unspecified atom stereocenters. The molecule has 0 spiro atoms. The van der Waals surface area contributed by atoms with E-state index in [2.05, 4.69) is 47.2 Å². The predicted molar refractivity (Wildman–Crippen MR) is 69.8 cm³/mol. The normalized spacial score (nSPS) is 23.5. The summed E-state index contributed by atoms with van der Waals surface area (Å²) in [6.45, 7) is 5.45. The molecule has 0 amide bonds. The number of rotatable bonds is 3. The van der Waals surface area contributed by atoms with Crippen molar-refractivity contribution in [2.24, 2.45) is 5.92 Å². The third-order valence-corrected chi connectivity index (χ3v) is 3.39. The van der Waals surface area contributed by atoms with Gasteiger partial charge in [-0.3, -0.25) is 4.90 Å². The lowest BCUT2D eigenvalue weighted by Gasteiger charge is -2.22. The maximum Gasteiger partial charge on any atom is 0.0483 e. The van der Waals surface area contributed by atoms with Crippen LogP contribution < -0.4 is 0 Å². The van der Waals surface area contributed by atoms with E-state index < -0.39 is 0 Å². The summed E-state index contributed by atoms with van der Waals surface area (Å²) in [5.74, 6) is 0.381. The van der Waals surface area contributed by atoms with Gasteiger partial charge in [-0.1, -0.05) is 30.3 Å². The summed E-state index contributed by atoms with van der Waals surface area (Å²) in [7, 11) is 2.13. The van der Waals surface area contributed by atoms with Gasteiger partial charge in [0.2, 0.25) is 0 Å². The average molecular weight is 234 g/mol. The largest absolute Gasteiger partial charge is 0.396 e. The van der Waals surface area contributed by atoms with E-state index in [1.165, 1.54) is 5.56 Å². The molecule has 0 bridgehead atoms. The molecule has 0 aliphatic carbocycles. The monoisotopic (exact) mass is 234 g/mol. The third kappa shape index (κ3) is 3.80. The molecule has 0 aromatic heterocycles. The van der Waals surface area contributed by atoms with Gasteiger partial charge in [0.15, 0.2) is 0 Å². The molecule has 17 heavy (non-hydrogen) atoms. The highest BCUT2D eigenvalue weighted by Crippen LogP contribution is 2.11. The topological polar surface area (TPSA) is 26.7 Å². The highest BCUT2D eigenvalue weighted by atomic mass is 16.3. The van der Waals surface area contributed by atoms with E-state index in [4.69, 9.17) is 0 Å². The van der Waals surface area contributed by atoms with Crippen molar-refractivity contribution in [1.29, 1.82) is 0 Å². The zero-order valence-corrected chi connectivity index (χ0v) is 10.5. The molecule has 1 aliphatic heterocycles. The van der Waals surface area contributed by atoms with Gasteiger partial charge in [0, 0.05) is 45.2 Å². The summed E-state index contributed by atoms with van der Waals surface area (Å²) in [4.78, 5) is 4.76. The minimum Gasteiger partial charge on any atom is -0.396 e. The van der Waals surface area contributed by atoms with Crippen molar-refractivity contribution in [3.05, 3.63) is 35.9 Å². The molecule has 3 nitrogen and oxygen atoms in total.